The van der Waals surface area contributed by atoms with Gasteiger partial charge in [-0.25, -0.2) is 4.58 Å². The highest BCUT2D eigenvalue weighted by molar-refractivity contribution is 9.10. The summed E-state index contributed by atoms with van der Waals surface area (Å²) in [6.45, 7) is 4.35. The van der Waals surface area contributed by atoms with Crippen LogP contribution in [-0.2, 0) is 6.54 Å². The van der Waals surface area contributed by atoms with E-state index in [4.69, 9.17) is 0 Å². The number of fused-ring (bicyclic) bond motifs is 1. The first-order chi connectivity index (χ1) is 9.65. The first-order valence-electron chi connectivity index (χ1n) is 6.68. The molecule has 0 amide bonds. The highest BCUT2D eigenvalue weighted by Gasteiger charge is 2.24. The van der Waals surface area contributed by atoms with Crippen LogP contribution in [0.15, 0.2) is 47.1 Å². The van der Waals surface area contributed by atoms with Crippen molar-refractivity contribution in [2.24, 2.45) is 0 Å². The smallest absolute Gasteiger partial charge is 0.227 e. The predicted octanol–water partition coefficient (Wildman–Crippen LogP) is 2.97. The maximum absolute atomic E-state index is 12.3. The lowest BCUT2D eigenvalue weighted by atomic mass is 10.1. The fraction of sp³-hybridized carbons (Fsp3) is 0.250. The standard InChI is InChI=1S/C16H16BrN2O/c1-12-15-3-2-8-18(15)9-10-19(12)11-16(20)13-4-6-14(17)7-5-13/h2-8H,9-11H2,1H3/q+1. The van der Waals surface area contributed by atoms with Gasteiger partial charge in [-0.1, -0.05) is 28.1 Å². The van der Waals surface area contributed by atoms with Crippen LogP contribution in [-0.4, -0.2) is 33.7 Å². The van der Waals surface area contributed by atoms with Crippen LogP contribution < -0.4 is 0 Å². The summed E-state index contributed by atoms with van der Waals surface area (Å²) in [6.07, 6.45) is 2.09. The van der Waals surface area contributed by atoms with E-state index in [1.165, 1.54) is 11.4 Å². The third-order valence-corrected chi connectivity index (χ3v) is 4.31. The zero-order valence-electron chi connectivity index (χ0n) is 11.3. The first kappa shape index (κ1) is 13.3. The Balaban J connectivity index is 1.83. The quantitative estimate of drug-likeness (QED) is 0.627. The van der Waals surface area contributed by atoms with Crippen molar-refractivity contribution in [2.45, 2.75) is 13.5 Å². The van der Waals surface area contributed by atoms with Gasteiger partial charge in [0.25, 0.3) is 0 Å². The molecule has 3 rings (SSSR count). The molecule has 20 heavy (non-hydrogen) atoms. The number of nitrogens with zero attached hydrogens (tertiary/aromatic N) is 2. The first-order valence-corrected chi connectivity index (χ1v) is 7.47. The number of hydrogen-bond acceptors (Lipinski definition) is 1. The lowest BCUT2D eigenvalue weighted by molar-refractivity contribution is -0.518. The Morgan fingerprint density at radius 3 is 2.80 bits per heavy atom. The van der Waals surface area contributed by atoms with Gasteiger partial charge in [-0.15, -0.1) is 0 Å². The summed E-state index contributed by atoms with van der Waals surface area (Å²) in [4.78, 5) is 12.3. The minimum Gasteiger partial charge on any atom is -0.337 e. The normalized spacial score (nSPS) is 14.3. The Labute approximate surface area is 126 Å². The van der Waals surface area contributed by atoms with Crippen molar-refractivity contribution in [3.8, 4) is 0 Å². The molecule has 0 fully saturated rings. The van der Waals surface area contributed by atoms with Crippen LogP contribution in [0.4, 0.5) is 0 Å². The number of aromatic nitrogens is 1. The number of rotatable bonds is 3. The number of Topliss-reactive ketones (excluding diaryl/α,β-unsaturated/α-hetero) is 1. The Kier molecular flexibility index (Phi) is 3.57. The molecule has 1 aromatic heterocycles. The molecular formula is C16H16BrN2O+. The third-order valence-electron chi connectivity index (χ3n) is 3.79. The molecule has 0 N–H and O–H groups in total. The minimum absolute atomic E-state index is 0.164. The monoisotopic (exact) mass is 331 g/mol. The van der Waals surface area contributed by atoms with Gasteiger partial charge in [0.2, 0.25) is 12.3 Å². The van der Waals surface area contributed by atoms with Crippen molar-refractivity contribution in [1.82, 2.24) is 4.57 Å². The number of ketones is 1. The Morgan fingerprint density at radius 1 is 1.30 bits per heavy atom. The molecule has 2 heterocycles. The molecule has 1 aromatic carbocycles. The van der Waals surface area contributed by atoms with Crippen LogP contribution in [0.5, 0.6) is 0 Å². The molecule has 0 unspecified atom stereocenters. The zero-order valence-corrected chi connectivity index (χ0v) is 12.9. The highest BCUT2D eigenvalue weighted by atomic mass is 79.9. The van der Waals surface area contributed by atoms with Gasteiger partial charge in [0, 0.05) is 23.2 Å². The molecular weight excluding hydrogens is 316 g/mol. The molecule has 0 spiro atoms. The average Bonchev–Trinajstić information content (AvgIpc) is 2.92. The van der Waals surface area contributed by atoms with E-state index >= 15 is 0 Å². The van der Waals surface area contributed by atoms with E-state index in [2.05, 4.69) is 50.3 Å². The zero-order chi connectivity index (χ0) is 14.1. The molecule has 1 aliphatic rings. The van der Waals surface area contributed by atoms with Crippen molar-refractivity contribution in [2.75, 3.05) is 13.1 Å². The molecule has 2 aromatic rings. The lowest BCUT2D eigenvalue weighted by Gasteiger charge is -2.15. The number of benzene rings is 1. The van der Waals surface area contributed by atoms with E-state index in [0.29, 0.717) is 6.54 Å². The Morgan fingerprint density at radius 2 is 2.05 bits per heavy atom. The largest absolute Gasteiger partial charge is 0.337 e. The fourth-order valence-electron chi connectivity index (χ4n) is 2.59. The molecule has 0 radical (unpaired) electrons. The average molecular weight is 332 g/mol. The summed E-state index contributed by atoms with van der Waals surface area (Å²) in [5.74, 6) is 0.164. The molecule has 1 aliphatic heterocycles. The van der Waals surface area contributed by atoms with Crippen molar-refractivity contribution >= 4 is 27.4 Å². The van der Waals surface area contributed by atoms with E-state index in [1.54, 1.807) is 0 Å². The summed E-state index contributed by atoms with van der Waals surface area (Å²) in [7, 11) is 0. The van der Waals surface area contributed by atoms with Crippen molar-refractivity contribution in [3.63, 3.8) is 0 Å². The van der Waals surface area contributed by atoms with Crippen LogP contribution in [0.2, 0.25) is 0 Å². The van der Waals surface area contributed by atoms with Crippen molar-refractivity contribution in [1.29, 1.82) is 0 Å². The van der Waals surface area contributed by atoms with Gasteiger partial charge in [0.15, 0.2) is 12.3 Å². The molecule has 3 nitrogen and oxygen atoms in total. The summed E-state index contributed by atoms with van der Waals surface area (Å²) in [6, 6.07) is 11.7. The van der Waals surface area contributed by atoms with E-state index < -0.39 is 0 Å². The van der Waals surface area contributed by atoms with Gasteiger partial charge in [0.05, 0.1) is 6.54 Å². The van der Waals surface area contributed by atoms with Gasteiger partial charge in [-0.3, -0.25) is 4.79 Å². The van der Waals surface area contributed by atoms with Crippen LogP contribution in [0.25, 0.3) is 0 Å². The van der Waals surface area contributed by atoms with Gasteiger partial charge >= 0.3 is 0 Å². The molecule has 102 valence electrons. The summed E-state index contributed by atoms with van der Waals surface area (Å²) in [5, 5.41) is 0. The summed E-state index contributed by atoms with van der Waals surface area (Å²) >= 11 is 3.39. The lowest BCUT2D eigenvalue weighted by Crippen LogP contribution is -2.34. The molecule has 0 saturated carbocycles. The van der Waals surface area contributed by atoms with Crippen LogP contribution >= 0.6 is 15.9 Å². The predicted molar refractivity (Wildman–Crippen MR) is 82.7 cm³/mol. The molecule has 0 bridgehead atoms. The maximum atomic E-state index is 12.3. The Bertz CT molecular complexity index is 683. The van der Waals surface area contributed by atoms with Crippen LogP contribution in [0.3, 0.4) is 0 Å². The second kappa shape index (κ2) is 5.37. The van der Waals surface area contributed by atoms with Crippen LogP contribution in [0, 0.1) is 0 Å². The third kappa shape index (κ3) is 2.48. The topological polar surface area (TPSA) is 25.0 Å². The van der Waals surface area contributed by atoms with E-state index in [0.717, 1.165) is 23.1 Å². The fourth-order valence-corrected chi connectivity index (χ4v) is 2.86. The minimum atomic E-state index is 0.164. The summed E-state index contributed by atoms with van der Waals surface area (Å²) in [5.41, 5.74) is 3.15. The van der Waals surface area contributed by atoms with Gasteiger partial charge in [-0.2, -0.15) is 0 Å². The van der Waals surface area contributed by atoms with Crippen molar-refractivity contribution < 1.29 is 9.37 Å². The molecule has 4 heteroatoms. The van der Waals surface area contributed by atoms with E-state index in [1.807, 2.05) is 24.3 Å². The van der Waals surface area contributed by atoms with E-state index in [9.17, 15) is 4.79 Å². The SMILES string of the molecule is CC1=[N+](CC(=O)c2ccc(Br)cc2)CCn2cccc21. The van der Waals surface area contributed by atoms with Crippen LogP contribution in [0.1, 0.15) is 23.0 Å². The maximum Gasteiger partial charge on any atom is 0.227 e. The summed E-state index contributed by atoms with van der Waals surface area (Å²) < 4.78 is 5.39. The van der Waals surface area contributed by atoms with Gasteiger partial charge in [-0.05, 0) is 24.3 Å². The molecule has 0 aliphatic carbocycles. The van der Waals surface area contributed by atoms with Crippen molar-refractivity contribution in [3.05, 3.63) is 58.3 Å². The van der Waals surface area contributed by atoms with Gasteiger partial charge < -0.3 is 4.57 Å². The Hall–Kier alpha value is -1.68. The van der Waals surface area contributed by atoms with Gasteiger partial charge in [0.1, 0.15) is 5.69 Å². The van der Waals surface area contributed by atoms with E-state index in [-0.39, 0.29) is 5.78 Å². The highest BCUT2D eigenvalue weighted by Crippen LogP contribution is 2.13. The number of hydrogen-bond donors (Lipinski definition) is 0. The molecule has 0 atom stereocenters. The number of carbonyl (C=O) groups excluding carboxylic acids is 1. The second-order valence-electron chi connectivity index (χ2n) is 5.02. The second-order valence-corrected chi connectivity index (χ2v) is 5.94. The number of carbonyl (C=O) groups is 1. The number of halogens is 1. The molecule has 0 saturated heterocycles.